The first-order valence-corrected chi connectivity index (χ1v) is 5.69. The monoisotopic (exact) mass is 232 g/mol. The molecular formula is C12H16N4O. The molecule has 0 bridgehead atoms. The van der Waals surface area contributed by atoms with Gasteiger partial charge in [0.2, 0.25) is 5.88 Å². The number of nitrogens with two attached hydrogens (primary N) is 1. The molecule has 0 amide bonds. The molecule has 90 valence electrons. The number of rotatable bonds is 5. The molecule has 1 heterocycles. The fourth-order valence-corrected chi connectivity index (χ4v) is 1.51. The molecule has 0 spiro atoms. The molecule has 5 nitrogen and oxygen atoms in total. The Bertz CT molecular complexity index is 464. The van der Waals surface area contributed by atoms with Crippen molar-refractivity contribution in [1.82, 2.24) is 15.0 Å². The Morgan fingerprint density at radius 1 is 1.29 bits per heavy atom. The maximum Gasteiger partial charge on any atom is 0.238 e. The Labute approximate surface area is 100 Å². The van der Waals surface area contributed by atoms with Gasteiger partial charge in [-0.25, -0.2) is 4.68 Å². The second-order valence-corrected chi connectivity index (χ2v) is 3.75. The van der Waals surface area contributed by atoms with E-state index in [0.717, 1.165) is 24.3 Å². The van der Waals surface area contributed by atoms with Crippen molar-refractivity contribution in [3.05, 3.63) is 36.0 Å². The molecule has 0 radical (unpaired) electrons. The number of ether oxygens (including phenoxy) is 1. The van der Waals surface area contributed by atoms with E-state index in [1.807, 2.05) is 24.3 Å². The molecule has 0 saturated heterocycles. The predicted octanol–water partition coefficient (Wildman–Crippen LogP) is 1.94. The van der Waals surface area contributed by atoms with Crippen LogP contribution >= 0.6 is 0 Å². The van der Waals surface area contributed by atoms with Crippen molar-refractivity contribution in [2.45, 2.75) is 26.4 Å². The van der Waals surface area contributed by atoms with Gasteiger partial charge in [-0.1, -0.05) is 24.3 Å². The lowest BCUT2D eigenvalue weighted by Crippen LogP contribution is -2.02. The third kappa shape index (κ3) is 2.82. The van der Waals surface area contributed by atoms with Gasteiger partial charge < -0.3 is 10.5 Å². The second-order valence-electron chi connectivity index (χ2n) is 3.75. The zero-order valence-corrected chi connectivity index (χ0v) is 9.84. The summed E-state index contributed by atoms with van der Waals surface area (Å²) in [4.78, 5) is 0. The van der Waals surface area contributed by atoms with Crippen LogP contribution in [0.1, 0.15) is 18.9 Å². The average molecular weight is 232 g/mol. The van der Waals surface area contributed by atoms with Crippen molar-refractivity contribution in [1.29, 1.82) is 0 Å². The summed E-state index contributed by atoms with van der Waals surface area (Å²) in [6.45, 7) is 3.42. The number of aromatic nitrogens is 3. The minimum atomic E-state index is 0.537. The lowest BCUT2D eigenvalue weighted by molar-refractivity contribution is 0.407. The van der Waals surface area contributed by atoms with Crippen LogP contribution in [0.4, 0.5) is 0 Å². The van der Waals surface area contributed by atoms with Crippen LogP contribution in [-0.2, 0) is 13.1 Å². The average Bonchev–Trinajstić information content (AvgIpc) is 2.78. The van der Waals surface area contributed by atoms with Gasteiger partial charge in [-0.3, -0.25) is 0 Å². The summed E-state index contributed by atoms with van der Waals surface area (Å²) in [7, 11) is 0. The minimum absolute atomic E-state index is 0.537. The van der Waals surface area contributed by atoms with Crippen molar-refractivity contribution in [3.63, 3.8) is 0 Å². The number of aryl methyl sites for hydroxylation is 1. The molecule has 0 saturated carbocycles. The van der Waals surface area contributed by atoms with Gasteiger partial charge in [-0.05, 0) is 24.1 Å². The van der Waals surface area contributed by atoms with Crippen LogP contribution in [-0.4, -0.2) is 15.0 Å². The van der Waals surface area contributed by atoms with Crippen LogP contribution in [0, 0.1) is 0 Å². The Kier molecular flexibility index (Phi) is 3.72. The number of hydrogen-bond acceptors (Lipinski definition) is 4. The summed E-state index contributed by atoms with van der Waals surface area (Å²) < 4.78 is 7.45. The molecule has 2 rings (SSSR count). The highest BCUT2D eigenvalue weighted by Crippen LogP contribution is 2.20. The van der Waals surface area contributed by atoms with Gasteiger partial charge >= 0.3 is 0 Å². The van der Waals surface area contributed by atoms with E-state index in [-0.39, 0.29) is 0 Å². The first kappa shape index (κ1) is 11.6. The van der Waals surface area contributed by atoms with Crippen molar-refractivity contribution < 1.29 is 4.74 Å². The summed E-state index contributed by atoms with van der Waals surface area (Å²) in [5.41, 5.74) is 6.62. The molecule has 5 heteroatoms. The summed E-state index contributed by atoms with van der Waals surface area (Å²) in [6, 6.07) is 7.68. The van der Waals surface area contributed by atoms with Crippen molar-refractivity contribution in [2.75, 3.05) is 0 Å². The molecule has 0 unspecified atom stereocenters. The van der Waals surface area contributed by atoms with E-state index in [4.69, 9.17) is 10.5 Å². The van der Waals surface area contributed by atoms with E-state index in [9.17, 15) is 0 Å². The minimum Gasteiger partial charge on any atom is -0.438 e. The molecule has 0 fully saturated rings. The molecule has 2 N–H and O–H groups in total. The topological polar surface area (TPSA) is 66.0 Å². The Hall–Kier alpha value is -1.88. The lowest BCUT2D eigenvalue weighted by atomic mass is 10.2. The van der Waals surface area contributed by atoms with E-state index < -0.39 is 0 Å². The van der Waals surface area contributed by atoms with Gasteiger partial charge in [0.15, 0.2) is 0 Å². The molecular weight excluding hydrogens is 216 g/mol. The van der Waals surface area contributed by atoms with Crippen LogP contribution in [0.15, 0.2) is 30.5 Å². The second kappa shape index (κ2) is 5.45. The van der Waals surface area contributed by atoms with Crippen LogP contribution < -0.4 is 10.5 Å². The third-order valence-corrected chi connectivity index (χ3v) is 2.40. The van der Waals surface area contributed by atoms with E-state index in [2.05, 4.69) is 17.2 Å². The van der Waals surface area contributed by atoms with Crippen LogP contribution in [0.25, 0.3) is 0 Å². The largest absolute Gasteiger partial charge is 0.438 e. The zero-order chi connectivity index (χ0) is 12.1. The van der Waals surface area contributed by atoms with Gasteiger partial charge in [0.25, 0.3) is 0 Å². The van der Waals surface area contributed by atoms with Crippen LogP contribution in [0.2, 0.25) is 0 Å². The smallest absolute Gasteiger partial charge is 0.238 e. The van der Waals surface area contributed by atoms with E-state index >= 15 is 0 Å². The third-order valence-electron chi connectivity index (χ3n) is 2.40. The van der Waals surface area contributed by atoms with Crippen molar-refractivity contribution in [3.8, 4) is 11.6 Å². The molecule has 0 aliphatic carbocycles. The summed E-state index contributed by atoms with van der Waals surface area (Å²) in [5.74, 6) is 1.43. The van der Waals surface area contributed by atoms with Crippen LogP contribution in [0.5, 0.6) is 11.6 Å². The van der Waals surface area contributed by atoms with Gasteiger partial charge in [0.1, 0.15) is 11.9 Å². The highest BCUT2D eigenvalue weighted by Gasteiger charge is 2.05. The maximum atomic E-state index is 5.70. The normalized spacial score (nSPS) is 10.5. The Morgan fingerprint density at radius 3 is 2.71 bits per heavy atom. The van der Waals surface area contributed by atoms with Crippen molar-refractivity contribution in [2.24, 2.45) is 5.73 Å². The first-order valence-electron chi connectivity index (χ1n) is 5.69. The quantitative estimate of drug-likeness (QED) is 0.855. The molecule has 0 aliphatic heterocycles. The molecule has 1 aromatic heterocycles. The summed E-state index contributed by atoms with van der Waals surface area (Å²) in [5, 5.41) is 7.80. The summed E-state index contributed by atoms with van der Waals surface area (Å²) >= 11 is 0. The molecule has 0 aliphatic rings. The SMILES string of the molecule is CCCn1nncc1Oc1ccc(CN)cc1. The first-order chi connectivity index (χ1) is 8.33. The van der Waals surface area contributed by atoms with E-state index in [0.29, 0.717) is 12.4 Å². The standard InChI is InChI=1S/C12H16N4O/c1-2-7-16-12(9-14-15-16)17-11-5-3-10(8-13)4-6-11/h3-6,9H,2,7-8,13H2,1H3. The highest BCUT2D eigenvalue weighted by atomic mass is 16.5. The van der Waals surface area contributed by atoms with E-state index in [1.54, 1.807) is 10.9 Å². The molecule has 0 atom stereocenters. The predicted molar refractivity (Wildman–Crippen MR) is 64.7 cm³/mol. The molecule has 1 aromatic carbocycles. The van der Waals surface area contributed by atoms with E-state index in [1.165, 1.54) is 0 Å². The fraction of sp³-hybridized carbons (Fsp3) is 0.333. The Balaban J connectivity index is 2.10. The fourth-order valence-electron chi connectivity index (χ4n) is 1.51. The molecule has 17 heavy (non-hydrogen) atoms. The number of nitrogens with zero attached hydrogens (tertiary/aromatic N) is 3. The number of benzene rings is 1. The maximum absolute atomic E-state index is 5.70. The van der Waals surface area contributed by atoms with Crippen molar-refractivity contribution >= 4 is 0 Å². The zero-order valence-electron chi connectivity index (χ0n) is 9.84. The lowest BCUT2D eigenvalue weighted by Gasteiger charge is -2.07. The van der Waals surface area contributed by atoms with Gasteiger partial charge in [0, 0.05) is 13.1 Å². The van der Waals surface area contributed by atoms with Gasteiger partial charge in [0.05, 0.1) is 0 Å². The van der Waals surface area contributed by atoms with Gasteiger partial charge in [-0.15, -0.1) is 5.10 Å². The number of hydrogen-bond donors (Lipinski definition) is 1. The Morgan fingerprint density at radius 2 is 2.06 bits per heavy atom. The highest BCUT2D eigenvalue weighted by molar-refractivity contribution is 5.29. The van der Waals surface area contributed by atoms with Crippen LogP contribution in [0.3, 0.4) is 0 Å². The molecule has 2 aromatic rings. The summed E-state index contributed by atoms with van der Waals surface area (Å²) in [6.07, 6.45) is 2.61. The van der Waals surface area contributed by atoms with Gasteiger partial charge in [-0.2, -0.15) is 0 Å².